The molecule has 1 fully saturated rings. The van der Waals surface area contributed by atoms with E-state index in [9.17, 15) is 17.2 Å². The van der Waals surface area contributed by atoms with E-state index >= 15 is 0 Å². The van der Waals surface area contributed by atoms with Crippen LogP contribution in [-0.4, -0.2) is 29.7 Å². The van der Waals surface area contributed by atoms with Crippen molar-refractivity contribution in [1.29, 1.82) is 0 Å². The van der Waals surface area contributed by atoms with Gasteiger partial charge in [0.1, 0.15) is 5.69 Å². The van der Waals surface area contributed by atoms with E-state index < -0.39 is 27.0 Å². The molecule has 0 amide bonds. The number of halogens is 3. The van der Waals surface area contributed by atoms with E-state index in [-0.39, 0.29) is 35.8 Å². The first-order valence-corrected chi connectivity index (χ1v) is 9.86. The topological polar surface area (TPSA) is 64.0 Å². The standard InChI is InChI=1S/C17H21F2N3O2S.ClH/c1-20-10-12-11-22(25(23,24)13-6-3-2-4-7-13)16(15(12)18)14-8-5-9-21-17(14)19;/h5,8-9,11,13,20H,2-4,6-7,10H2,1H3;1H. The minimum absolute atomic E-state index is 0. The molecule has 0 aliphatic heterocycles. The fourth-order valence-electron chi connectivity index (χ4n) is 3.35. The summed E-state index contributed by atoms with van der Waals surface area (Å²) in [6, 6.07) is 2.80. The van der Waals surface area contributed by atoms with Crippen molar-refractivity contribution in [3.8, 4) is 11.3 Å². The Balaban J connectivity index is 0.00000243. The lowest BCUT2D eigenvalue weighted by Gasteiger charge is -2.23. The average molecular weight is 406 g/mol. The van der Waals surface area contributed by atoms with Gasteiger partial charge in [0.05, 0.1) is 10.8 Å². The summed E-state index contributed by atoms with van der Waals surface area (Å²) in [4.78, 5) is 3.53. The van der Waals surface area contributed by atoms with Gasteiger partial charge in [-0.05, 0) is 32.0 Å². The van der Waals surface area contributed by atoms with E-state index in [1.807, 2.05) is 0 Å². The zero-order valence-corrected chi connectivity index (χ0v) is 16.0. The molecule has 0 radical (unpaired) electrons. The molecule has 0 aromatic carbocycles. The molecule has 1 aliphatic rings. The smallest absolute Gasteiger partial charge is 0.241 e. The molecule has 26 heavy (non-hydrogen) atoms. The maximum absolute atomic E-state index is 14.9. The molecular weight excluding hydrogens is 384 g/mol. The first-order chi connectivity index (χ1) is 12.0. The molecule has 2 heterocycles. The SMILES string of the molecule is CNCc1cn(S(=O)(=O)C2CCCCC2)c(-c2cccnc2F)c1F.Cl. The molecule has 3 rings (SSSR count). The maximum Gasteiger partial charge on any atom is 0.241 e. The summed E-state index contributed by atoms with van der Waals surface area (Å²) in [6.07, 6.45) is 6.24. The largest absolute Gasteiger partial charge is 0.316 e. The van der Waals surface area contributed by atoms with Crippen LogP contribution in [0, 0.1) is 11.8 Å². The van der Waals surface area contributed by atoms with Gasteiger partial charge in [-0.1, -0.05) is 19.3 Å². The van der Waals surface area contributed by atoms with Gasteiger partial charge in [-0.3, -0.25) is 0 Å². The van der Waals surface area contributed by atoms with Crippen LogP contribution in [0.3, 0.4) is 0 Å². The maximum atomic E-state index is 14.9. The zero-order valence-electron chi connectivity index (χ0n) is 14.4. The highest BCUT2D eigenvalue weighted by atomic mass is 35.5. The van der Waals surface area contributed by atoms with Crippen molar-refractivity contribution < 1.29 is 17.2 Å². The molecule has 0 spiro atoms. The number of nitrogens with zero attached hydrogens (tertiary/aromatic N) is 2. The summed E-state index contributed by atoms with van der Waals surface area (Å²) < 4.78 is 56.2. The summed E-state index contributed by atoms with van der Waals surface area (Å²) in [5.74, 6) is -1.63. The molecular formula is C17H22ClF2N3O2S. The van der Waals surface area contributed by atoms with Gasteiger partial charge < -0.3 is 5.32 Å². The van der Waals surface area contributed by atoms with E-state index in [4.69, 9.17) is 0 Å². The normalized spacial score (nSPS) is 15.7. The molecule has 0 saturated heterocycles. The molecule has 9 heteroatoms. The zero-order chi connectivity index (χ0) is 18.0. The Kier molecular flexibility index (Phi) is 6.76. The number of nitrogens with one attached hydrogen (secondary N) is 1. The molecule has 0 unspecified atom stereocenters. The molecule has 0 atom stereocenters. The number of aromatic nitrogens is 2. The lowest BCUT2D eigenvalue weighted by molar-refractivity contribution is 0.479. The van der Waals surface area contributed by atoms with Crippen molar-refractivity contribution in [2.24, 2.45) is 0 Å². The van der Waals surface area contributed by atoms with Crippen LogP contribution in [-0.2, 0) is 16.6 Å². The molecule has 0 bridgehead atoms. The number of rotatable bonds is 5. The highest BCUT2D eigenvalue weighted by Gasteiger charge is 2.33. The summed E-state index contributed by atoms with van der Waals surface area (Å²) in [5, 5.41) is 2.23. The van der Waals surface area contributed by atoms with Crippen molar-refractivity contribution in [2.75, 3.05) is 7.05 Å². The fourth-order valence-corrected chi connectivity index (χ4v) is 5.31. The van der Waals surface area contributed by atoms with E-state index in [0.717, 1.165) is 23.2 Å². The lowest BCUT2D eigenvalue weighted by atomic mass is 10.0. The van der Waals surface area contributed by atoms with Gasteiger partial charge in [0.25, 0.3) is 0 Å². The monoisotopic (exact) mass is 405 g/mol. The Morgan fingerprint density at radius 2 is 1.96 bits per heavy atom. The molecule has 144 valence electrons. The lowest BCUT2D eigenvalue weighted by Crippen LogP contribution is -2.29. The summed E-state index contributed by atoms with van der Waals surface area (Å²) in [7, 11) is -2.19. The second-order valence-corrected chi connectivity index (χ2v) is 8.38. The van der Waals surface area contributed by atoms with Crippen molar-refractivity contribution in [2.45, 2.75) is 43.9 Å². The van der Waals surface area contributed by atoms with Crippen LogP contribution in [0.4, 0.5) is 8.78 Å². The van der Waals surface area contributed by atoms with Crippen molar-refractivity contribution in [3.63, 3.8) is 0 Å². The van der Waals surface area contributed by atoms with Crippen LogP contribution in [0.2, 0.25) is 0 Å². The van der Waals surface area contributed by atoms with E-state index in [1.165, 1.54) is 24.5 Å². The highest BCUT2D eigenvalue weighted by Crippen LogP contribution is 2.33. The Hall–Kier alpha value is -1.51. The van der Waals surface area contributed by atoms with Gasteiger partial charge in [0.2, 0.25) is 16.0 Å². The minimum Gasteiger partial charge on any atom is -0.316 e. The Morgan fingerprint density at radius 1 is 1.27 bits per heavy atom. The Bertz CT molecular complexity index is 865. The highest BCUT2D eigenvalue weighted by molar-refractivity contribution is 7.90. The quantitative estimate of drug-likeness (QED) is 0.773. The number of hydrogen-bond acceptors (Lipinski definition) is 4. The molecule has 1 aliphatic carbocycles. The second kappa shape index (κ2) is 8.45. The van der Waals surface area contributed by atoms with Gasteiger partial charge in [0.15, 0.2) is 5.82 Å². The molecule has 1 N–H and O–H groups in total. The van der Waals surface area contributed by atoms with E-state index in [1.54, 1.807) is 7.05 Å². The van der Waals surface area contributed by atoms with Crippen LogP contribution in [0.25, 0.3) is 11.3 Å². The van der Waals surface area contributed by atoms with Crippen molar-refractivity contribution >= 4 is 22.4 Å². The first-order valence-electron chi connectivity index (χ1n) is 8.36. The average Bonchev–Trinajstić information content (AvgIpc) is 2.94. The van der Waals surface area contributed by atoms with Crippen molar-refractivity contribution in [3.05, 3.63) is 41.9 Å². The summed E-state index contributed by atoms with van der Waals surface area (Å²) in [6.45, 7) is 0.147. The van der Waals surface area contributed by atoms with Gasteiger partial charge in [0, 0.05) is 24.5 Å². The Morgan fingerprint density at radius 3 is 2.58 bits per heavy atom. The second-order valence-electron chi connectivity index (χ2n) is 6.29. The van der Waals surface area contributed by atoms with Gasteiger partial charge in [-0.25, -0.2) is 21.8 Å². The third-order valence-electron chi connectivity index (χ3n) is 4.61. The van der Waals surface area contributed by atoms with Crippen LogP contribution >= 0.6 is 12.4 Å². The molecule has 2 aromatic rings. The van der Waals surface area contributed by atoms with Gasteiger partial charge >= 0.3 is 0 Å². The number of pyridine rings is 1. The van der Waals surface area contributed by atoms with Crippen LogP contribution < -0.4 is 5.32 Å². The predicted octanol–water partition coefficient (Wildman–Crippen LogP) is 3.48. The van der Waals surface area contributed by atoms with Crippen molar-refractivity contribution in [1.82, 2.24) is 14.3 Å². The molecule has 2 aromatic heterocycles. The van der Waals surface area contributed by atoms with Crippen LogP contribution in [0.15, 0.2) is 24.5 Å². The third-order valence-corrected chi connectivity index (χ3v) is 6.76. The minimum atomic E-state index is -3.82. The first kappa shape index (κ1) is 20.8. The summed E-state index contributed by atoms with van der Waals surface area (Å²) in [5.41, 5.74) is -0.247. The van der Waals surface area contributed by atoms with Gasteiger partial charge in [-0.2, -0.15) is 4.39 Å². The van der Waals surface area contributed by atoms with Crippen LogP contribution in [0.1, 0.15) is 37.7 Å². The van der Waals surface area contributed by atoms with E-state index in [2.05, 4.69) is 10.3 Å². The van der Waals surface area contributed by atoms with E-state index in [0.29, 0.717) is 12.8 Å². The van der Waals surface area contributed by atoms with Crippen LogP contribution in [0.5, 0.6) is 0 Å². The molecule has 1 saturated carbocycles. The third kappa shape index (κ3) is 3.77. The molecule has 5 nitrogen and oxygen atoms in total. The summed E-state index contributed by atoms with van der Waals surface area (Å²) >= 11 is 0. The van der Waals surface area contributed by atoms with Gasteiger partial charge in [-0.15, -0.1) is 12.4 Å². The fraction of sp³-hybridized carbons (Fsp3) is 0.471. The Labute approximate surface area is 158 Å². The predicted molar refractivity (Wildman–Crippen MR) is 98.8 cm³/mol. The number of hydrogen-bond donors (Lipinski definition) is 1.